The second-order valence-corrected chi connectivity index (χ2v) is 7.85. The van der Waals surface area contributed by atoms with E-state index in [1.165, 1.54) is 24.0 Å². The molecule has 2 aromatic heterocycles. The first-order valence-corrected chi connectivity index (χ1v) is 9.54. The van der Waals surface area contributed by atoms with Crippen molar-refractivity contribution < 1.29 is 9.53 Å². The highest BCUT2D eigenvalue weighted by molar-refractivity contribution is 7.22. The van der Waals surface area contributed by atoms with Crippen molar-refractivity contribution in [3.8, 4) is 5.88 Å². The minimum absolute atomic E-state index is 0. The van der Waals surface area contributed by atoms with E-state index in [1.54, 1.807) is 22.8 Å². The molecule has 0 aliphatic carbocycles. The Labute approximate surface area is 175 Å². The van der Waals surface area contributed by atoms with Gasteiger partial charge in [-0.15, -0.1) is 17.5 Å². The molecule has 0 fully saturated rings. The fourth-order valence-corrected chi connectivity index (χ4v) is 3.87. The summed E-state index contributed by atoms with van der Waals surface area (Å²) in [6, 6.07) is 4.16. The van der Waals surface area contributed by atoms with Crippen LogP contribution in [0.25, 0.3) is 10.2 Å². The van der Waals surface area contributed by atoms with Crippen molar-refractivity contribution in [2.45, 2.75) is 13.8 Å². The smallest absolute Gasteiger partial charge is 0.267 e. The lowest BCUT2D eigenvalue weighted by atomic mass is 10.1. The Balaban J connectivity index is 0.00000280. The lowest BCUT2D eigenvalue weighted by Crippen LogP contribution is -2.36. The van der Waals surface area contributed by atoms with Crippen molar-refractivity contribution in [2.24, 2.45) is 7.05 Å². The van der Waals surface area contributed by atoms with Gasteiger partial charge in [0.25, 0.3) is 5.91 Å². The van der Waals surface area contributed by atoms with Crippen molar-refractivity contribution in [1.82, 2.24) is 19.7 Å². The lowest BCUT2D eigenvalue weighted by Gasteiger charge is -2.21. The molecule has 0 radical (unpaired) electrons. The molecular weight excluding hydrogens is 398 g/mol. The molecule has 28 heavy (non-hydrogen) atoms. The zero-order chi connectivity index (χ0) is 19.7. The van der Waals surface area contributed by atoms with E-state index >= 15 is 0 Å². The van der Waals surface area contributed by atoms with Crippen LogP contribution in [-0.4, -0.2) is 59.9 Å². The van der Waals surface area contributed by atoms with Crippen LogP contribution in [0.15, 0.2) is 18.3 Å². The number of methoxy groups -OCH3 is 1. The maximum Gasteiger partial charge on any atom is 0.267 e. The highest BCUT2D eigenvalue weighted by Gasteiger charge is 2.26. The third-order valence-corrected chi connectivity index (χ3v) is 5.58. The van der Waals surface area contributed by atoms with Crippen molar-refractivity contribution >= 4 is 45.0 Å². The molecule has 0 bridgehead atoms. The second-order valence-electron chi connectivity index (χ2n) is 6.84. The lowest BCUT2D eigenvalue weighted by molar-refractivity contribution is 0.0982. The van der Waals surface area contributed by atoms with E-state index in [-0.39, 0.29) is 18.3 Å². The molecule has 0 atom stereocenters. The predicted octanol–water partition coefficient (Wildman–Crippen LogP) is 3.29. The van der Waals surface area contributed by atoms with E-state index in [4.69, 9.17) is 9.72 Å². The minimum atomic E-state index is -0.157. The molecule has 0 saturated carbocycles. The van der Waals surface area contributed by atoms with Gasteiger partial charge in [-0.3, -0.25) is 14.4 Å². The van der Waals surface area contributed by atoms with Gasteiger partial charge < -0.3 is 9.64 Å². The topological polar surface area (TPSA) is 63.5 Å². The number of rotatable bonds is 6. The summed E-state index contributed by atoms with van der Waals surface area (Å²) >= 11 is 1.53. The number of benzene rings is 1. The Morgan fingerprint density at radius 1 is 1.25 bits per heavy atom. The summed E-state index contributed by atoms with van der Waals surface area (Å²) in [7, 11) is 7.26. The van der Waals surface area contributed by atoms with Crippen LogP contribution in [0.5, 0.6) is 5.88 Å². The molecule has 0 spiro atoms. The zero-order valence-electron chi connectivity index (χ0n) is 17.0. The number of amides is 1. The first-order valence-electron chi connectivity index (χ1n) is 8.72. The number of thiazole rings is 1. The molecule has 0 aliphatic rings. The van der Waals surface area contributed by atoms with Crippen LogP contribution >= 0.6 is 23.7 Å². The average Bonchev–Trinajstić information content (AvgIpc) is 3.21. The van der Waals surface area contributed by atoms with Crippen LogP contribution in [0, 0.1) is 13.8 Å². The molecule has 9 heteroatoms. The Kier molecular flexibility index (Phi) is 7.03. The van der Waals surface area contributed by atoms with Gasteiger partial charge in [0.05, 0.1) is 17.3 Å². The van der Waals surface area contributed by atoms with Crippen molar-refractivity contribution in [3.05, 3.63) is 35.0 Å². The van der Waals surface area contributed by atoms with Crippen LogP contribution in [0.4, 0.5) is 5.13 Å². The number of anilines is 1. The minimum Gasteiger partial charge on any atom is -0.479 e. The predicted molar refractivity (Wildman–Crippen MR) is 116 cm³/mol. The van der Waals surface area contributed by atoms with Crippen molar-refractivity contribution in [2.75, 3.05) is 39.2 Å². The van der Waals surface area contributed by atoms with Crippen LogP contribution in [-0.2, 0) is 7.05 Å². The number of carbonyl (C=O) groups is 1. The number of hydrogen-bond acceptors (Lipinski definition) is 6. The van der Waals surface area contributed by atoms with Crippen LogP contribution in [0.2, 0.25) is 0 Å². The Morgan fingerprint density at radius 2 is 1.96 bits per heavy atom. The molecular formula is C19H26ClN5O2S. The number of aryl methyl sites for hydroxylation is 3. The maximum absolute atomic E-state index is 13.3. The first-order chi connectivity index (χ1) is 12.8. The summed E-state index contributed by atoms with van der Waals surface area (Å²) in [4.78, 5) is 21.9. The number of ether oxygens (including phenoxy) is 1. The van der Waals surface area contributed by atoms with Crippen LogP contribution < -0.4 is 9.64 Å². The molecule has 3 rings (SSSR count). The molecule has 2 heterocycles. The summed E-state index contributed by atoms with van der Waals surface area (Å²) in [5, 5.41) is 4.90. The Hall–Kier alpha value is -2.16. The average molecular weight is 424 g/mol. The fourth-order valence-electron chi connectivity index (χ4n) is 2.82. The van der Waals surface area contributed by atoms with Gasteiger partial charge in [-0.1, -0.05) is 17.4 Å². The summed E-state index contributed by atoms with van der Waals surface area (Å²) in [5.74, 6) is 0.167. The van der Waals surface area contributed by atoms with E-state index in [9.17, 15) is 4.79 Å². The summed E-state index contributed by atoms with van der Waals surface area (Å²) in [5.41, 5.74) is 3.73. The standard InChI is InChI=1S/C19H25N5O2S.ClH/c1-12-7-8-15-16(13(12)2)20-19(27-15)24(10-9-22(3)4)18(25)14-11-23(5)21-17(14)26-6;/h7-8,11H,9-10H2,1-6H3;1H. The van der Waals surface area contributed by atoms with Gasteiger partial charge in [0.1, 0.15) is 5.56 Å². The van der Waals surface area contributed by atoms with Gasteiger partial charge >= 0.3 is 0 Å². The van der Waals surface area contributed by atoms with E-state index in [0.29, 0.717) is 23.1 Å². The fraction of sp³-hybridized carbons (Fsp3) is 0.421. The normalized spacial score (nSPS) is 11.0. The Morgan fingerprint density at radius 3 is 2.61 bits per heavy atom. The highest BCUT2D eigenvalue weighted by Crippen LogP contribution is 2.33. The zero-order valence-corrected chi connectivity index (χ0v) is 18.6. The second kappa shape index (κ2) is 8.89. The summed E-state index contributed by atoms with van der Waals surface area (Å²) in [6.45, 7) is 5.39. The Bertz CT molecular complexity index is 982. The number of likely N-dealkylation sites (N-methyl/N-ethyl adjacent to an activating group) is 1. The van der Waals surface area contributed by atoms with E-state index < -0.39 is 0 Å². The molecule has 152 valence electrons. The number of fused-ring (bicyclic) bond motifs is 1. The van der Waals surface area contributed by atoms with Crippen molar-refractivity contribution in [3.63, 3.8) is 0 Å². The molecule has 1 aromatic carbocycles. The highest BCUT2D eigenvalue weighted by atomic mass is 35.5. The van der Waals surface area contributed by atoms with Gasteiger partial charge in [-0.05, 0) is 45.1 Å². The number of aromatic nitrogens is 3. The van der Waals surface area contributed by atoms with Gasteiger partial charge in [-0.2, -0.15) is 0 Å². The third kappa shape index (κ3) is 4.29. The SMILES string of the molecule is COc1nn(C)cc1C(=O)N(CCN(C)C)c1nc2c(C)c(C)ccc2s1.Cl. The molecule has 7 nitrogen and oxygen atoms in total. The van der Waals surface area contributed by atoms with Gasteiger partial charge in [0, 0.05) is 26.3 Å². The van der Waals surface area contributed by atoms with Gasteiger partial charge in [0.15, 0.2) is 5.13 Å². The molecule has 3 aromatic rings. The van der Waals surface area contributed by atoms with Crippen molar-refractivity contribution in [1.29, 1.82) is 0 Å². The number of halogens is 1. The van der Waals surface area contributed by atoms with Crippen LogP contribution in [0.1, 0.15) is 21.5 Å². The summed E-state index contributed by atoms with van der Waals surface area (Å²) < 4.78 is 7.95. The molecule has 1 amide bonds. The van der Waals surface area contributed by atoms with Crippen LogP contribution in [0.3, 0.4) is 0 Å². The first kappa shape index (κ1) is 22.1. The third-order valence-electron chi connectivity index (χ3n) is 4.54. The molecule has 0 saturated heterocycles. The number of hydrogen-bond donors (Lipinski definition) is 0. The largest absolute Gasteiger partial charge is 0.479 e. The molecule has 0 N–H and O–H groups in total. The summed E-state index contributed by atoms with van der Waals surface area (Å²) in [6.07, 6.45) is 1.69. The quantitative estimate of drug-likeness (QED) is 0.608. The maximum atomic E-state index is 13.3. The van der Waals surface area contributed by atoms with E-state index in [2.05, 4.69) is 31.1 Å². The number of nitrogens with zero attached hydrogens (tertiary/aromatic N) is 5. The number of carbonyl (C=O) groups excluding carboxylic acids is 1. The van der Waals surface area contributed by atoms with Gasteiger partial charge in [-0.25, -0.2) is 4.98 Å². The monoisotopic (exact) mass is 423 g/mol. The van der Waals surface area contributed by atoms with Gasteiger partial charge in [0.2, 0.25) is 5.88 Å². The molecule has 0 aliphatic heterocycles. The van der Waals surface area contributed by atoms with E-state index in [1.807, 2.05) is 19.0 Å². The van der Waals surface area contributed by atoms with E-state index in [0.717, 1.165) is 22.3 Å². The molecule has 0 unspecified atom stereocenters.